The molecule has 6 N–H and O–H groups in total. The normalized spacial score (nSPS) is 16.7. The van der Waals surface area contributed by atoms with Crippen LogP contribution < -0.4 is 4.90 Å². The molecule has 3 rings (SSSR count). The van der Waals surface area contributed by atoms with Crippen LogP contribution in [0.4, 0.5) is 5.69 Å². The van der Waals surface area contributed by atoms with Crippen molar-refractivity contribution in [2.45, 2.75) is 0 Å². The first-order chi connectivity index (χ1) is 18.7. The number of allylic oxidation sites excluding steroid dienone is 6. The number of hydrogen-bond acceptors (Lipinski definition) is 11. The number of benzene rings is 1. The number of aliphatic carboxylic acids is 4. The van der Waals surface area contributed by atoms with Crippen molar-refractivity contribution >= 4 is 52.5 Å². The van der Waals surface area contributed by atoms with Gasteiger partial charge in [-0.15, -0.1) is 0 Å². The Labute approximate surface area is 223 Å². The number of aromatic hydroxyl groups is 1. The second-order valence-corrected chi connectivity index (χ2v) is 8.43. The monoisotopic (exact) mass is 556 g/mol. The summed E-state index contributed by atoms with van der Waals surface area (Å²) in [4.78, 5) is 84.5. The number of aliphatic hydroxyl groups excluding tert-OH is 1. The lowest BCUT2D eigenvalue weighted by Crippen LogP contribution is -2.34. The highest BCUT2D eigenvalue weighted by molar-refractivity contribution is 6.63. The molecule has 0 saturated heterocycles. The number of ketones is 3. The fraction of sp³-hybridized carbons (Fsp3) is 0.160. The van der Waals surface area contributed by atoms with Crippen molar-refractivity contribution in [3.63, 3.8) is 0 Å². The summed E-state index contributed by atoms with van der Waals surface area (Å²) in [5.41, 5.74) is -2.36. The van der Waals surface area contributed by atoms with E-state index in [0.717, 1.165) is 46.2 Å². The molecule has 0 heterocycles. The Morgan fingerprint density at radius 2 is 1.18 bits per heavy atom. The molecule has 1 aromatic rings. The SMILES string of the molecule is O=C(O)CN(CC(=O)O)C1=CC(=O)/C(=C2\C(=O)C(=O)C(c3ccc(N(CC(=O)O)CC(=O)O)cc3O)=C2O)C=C1. The van der Waals surface area contributed by atoms with Crippen molar-refractivity contribution in [2.75, 3.05) is 31.1 Å². The maximum atomic E-state index is 12.8. The number of phenolic OH excluding ortho intramolecular Hbond substituents is 1. The maximum absolute atomic E-state index is 12.8. The first-order valence-electron chi connectivity index (χ1n) is 11.1. The lowest BCUT2D eigenvalue weighted by molar-refractivity contribution is -0.141. The first-order valence-corrected chi connectivity index (χ1v) is 11.1. The predicted octanol–water partition coefficient (Wildman–Crippen LogP) is -0.421. The molecule has 0 unspecified atom stereocenters. The molecule has 2 aliphatic rings. The van der Waals surface area contributed by atoms with Crippen LogP contribution in [0.25, 0.3) is 5.57 Å². The third-order valence-corrected chi connectivity index (χ3v) is 5.65. The molecule has 15 heteroatoms. The molecule has 0 bridgehead atoms. The summed E-state index contributed by atoms with van der Waals surface area (Å²) >= 11 is 0. The number of anilines is 1. The molecule has 0 aromatic heterocycles. The Bertz CT molecular complexity index is 1460. The summed E-state index contributed by atoms with van der Waals surface area (Å²) in [6.07, 6.45) is 2.97. The third-order valence-electron chi connectivity index (χ3n) is 5.65. The largest absolute Gasteiger partial charge is 0.507 e. The second kappa shape index (κ2) is 11.3. The van der Waals surface area contributed by atoms with Gasteiger partial charge in [0.25, 0.3) is 0 Å². The van der Waals surface area contributed by atoms with Crippen LogP contribution in [-0.4, -0.2) is 103 Å². The molecule has 0 radical (unpaired) electrons. The molecular weight excluding hydrogens is 536 g/mol. The number of rotatable bonds is 11. The number of phenols is 1. The molecule has 0 aliphatic heterocycles. The van der Waals surface area contributed by atoms with Gasteiger partial charge < -0.3 is 40.4 Å². The topological polar surface area (TPSA) is 247 Å². The van der Waals surface area contributed by atoms with Crippen LogP contribution in [0.5, 0.6) is 5.75 Å². The number of nitrogens with zero attached hydrogens (tertiary/aromatic N) is 2. The number of carboxylic acids is 4. The van der Waals surface area contributed by atoms with E-state index in [4.69, 9.17) is 20.4 Å². The summed E-state index contributed by atoms with van der Waals surface area (Å²) in [6.45, 7) is -3.01. The minimum absolute atomic E-state index is 0.0585. The van der Waals surface area contributed by atoms with Crippen LogP contribution in [0.1, 0.15) is 5.56 Å². The first kappa shape index (κ1) is 28.8. The zero-order chi connectivity index (χ0) is 29.9. The fourth-order valence-corrected chi connectivity index (χ4v) is 4.04. The van der Waals surface area contributed by atoms with Crippen molar-refractivity contribution in [1.29, 1.82) is 0 Å². The lowest BCUT2D eigenvalue weighted by Gasteiger charge is -2.23. The molecular formula is C25H20N2O13. The zero-order valence-corrected chi connectivity index (χ0v) is 20.2. The van der Waals surface area contributed by atoms with Gasteiger partial charge in [-0.2, -0.15) is 0 Å². The predicted molar refractivity (Wildman–Crippen MR) is 131 cm³/mol. The maximum Gasteiger partial charge on any atom is 0.323 e. The zero-order valence-electron chi connectivity index (χ0n) is 20.2. The van der Waals surface area contributed by atoms with E-state index in [9.17, 15) is 43.8 Å². The van der Waals surface area contributed by atoms with Crippen LogP contribution in [0.3, 0.4) is 0 Å². The molecule has 15 nitrogen and oxygen atoms in total. The van der Waals surface area contributed by atoms with Crippen molar-refractivity contribution in [2.24, 2.45) is 0 Å². The van der Waals surface area contributed by atoms with E-state index >= 15 is 0 Å². The average molecular weight is 556 g/mol. The molecule has 0 amide bonds. The second-order valence-electron chi connectivity index (χ2n) is 8.43. The Balaban J connectivity index is 2.03. The Morgan fingerprint density at radius 3 is 1.65 bits per heavy atom. The third kappa shape index (κ3) is 6.04. The minimum Gasteiger partial charge on any atom is -0.507 e. The van der Waals surface area contributed by atoms with E-state index in [-0.39, 0.29) is 16.9 Å². The van der Waals surface area contributed by atoms with E-state index in [1.807, 2.05) is 0 Å². The average Bonchev–Trinajstić information content (AvgIpc) is 3.05. The van der Waals surface area contributed by atoms with Gasteiger partial charge in [0.15, 0.2) is 5.78 Å². The van der Waals surface area contributed by atoms with Gasteiger partial charge >= 0.3 is 23.9 Å². The van der Waals surface area contributed by atoms with Crippen molar-refractivity contribution in [3.8, 4) is 5.75 Å². The number of Topliss-reactive ketones (excluding diaryl/α,β-unsaturated/α-hetero) is 2. The standard InChI is InChI=1S/C25H20N2O13/c28-15-5-11(26(7-17(30)31)8-18(32)33)1-3-13(15)21-23(38)22(25(40)24(21)39)14-4-2-12(6-16(14)29)27(9-19(34)35)10-20(36)37/h1-6,28,38H,7-10H2,(H,30,31)(H,32,33)(H,34,35)(H,36,37)/b22-14-. The van der Waals surface area contributed by atoms with Crippen LogP contribution in [-0.2, 0) is 33.6 Å². The lowest BCUT2D eigenvalue weighted by atomic mass is 9.96. The van der Waals surface area contributed by atoms with Crippen LogP contribution in [0.15, 0.2) is 59.0 Å². The number of carboxylic acid groups (broad SMARTS) is 4. The van der Waals surface area contributed by atoms with Crippen LogP contribution in [0, 0.1) is 0 Å². The molecule has 0 saturated carbocycles. The van der Waals surface area contributed by atoms with E-state index in [2.05, 4.69) is 0 Å². The molecule has 208 valence electrons. The summed E-state index contributed by atoms with van der Waals surface area (Å²) in [5.74, 6) is -10.7. The number of hydrogen-bond donors (Lipinski definition) is 6. The van der Waals surface area contributed by atoms with Gasteiger partial charge in [-0.05, 0) is 24.3 Å². The highest BCUT2D eigenvalue weighted by atomic mass is 16.4. The highest BCUT2D eigenvalue weighted by Crippen LogP contribution is 2.39. The van der Waals surface area contributed by atoms with Gasteiger partial charge in [-0.25, -0.2) is 0 Å². The quantitative estimate of drug-likeness (QED) is 0.150. The Morgan fingerprint density at radius 1 is 0.675 bits per heavy atom. The van der Waals surface area contributed by atoms with E-state index in [1.54, 1.807) is 0 Å². The summed E-state index contributed by atoms with van der Waals surface area (Å²) in [5, 5.41) is 57.5. The Kier molecular flexibility index (Phi) is 8.18. The molecule has 0 atom stereocenters. The van der Waals surface area contributed by atoms with Gasteiger partial charge in [0.05, 0.1) is 11.1 Å². The van der Waals surface area contributed by atoms with Crippen molar-refractivity contribution in [1.82, 2.24) is 4.90 Å². The van der Waals surface area contributed by atoms with E-state index in [0.29, 0.717) is 0 Å². The van der Waals surface area contributed by atoms with Gasteiger partial charge in [0.1, 0.15) is 37.7 Å². The van der Waals surface area contributed by atoms with Crippen LogP contribution in [0.2, 0.25) is 0 Å². The summed E-state index contributed by atoms with van der Waals surface area (Å²) < 4.78 is 0. The minimum atomic E-state index is -1.38. The van der Waals surface area contributed by atoms with Crippen molar-refractivity contribution < 1.29 is 64.2 Å². The van der Waals surface area contributed by atoms with Gasteiger partial charge in [0, 0.05) is 34.7 Å². The molecule has 0 fully saturated rings. The van der Waals surface area contributed by atoms with E-state index < -0.39 is 95.6 Å². The molecule has 1 aromatic carbocycles. The summed E-state index contributed by atoms with van der Waals surface area (Å²) in [6, 6.07) is 3.15. The van der Waals surface area contributed by atoms with Crippen LogP contribution >= 0.6 is 0 Å². The van der Waals surface area contributed by atoms with E-state index in [1.165, 1.54) is 0 Å². The number of carbonyl (C=O) groups is 7. The van der Waals surface area contributed by atoms with Crippen molar-refractivity contribution in [3.05, 3.63) is 64.6 Å². The smallest absolute Gasteiger partial charge is 0.323 e. The highest BCUT2D eigenvalue weighted by Gasteiger charge is 2.41. The van der Waals surface area contributed by atoms with Gasteiger partial charge in [-0.1, -0.05) is 0 Å². The number of aliphatic hydroxyl groups is 1. The van der Waals surface area contributed by atoms with Gasteiger partial charge in [-0.3, -0.25) is 33.6 Å². The molecule has 2 aliphatic carbocycles. The number of carbonyl (C=O) groups excluding carboxylic acids is 3. The van der Waals surface area contributed by atoms with Gasteiger partial charge in [0.2, 0.25) is 11.6 Å². The molecule has 0 spiro atoms. The molecule has 40 heavy (non-hydrogen) atoms. The fourth-order valence-electron chi connectivity index (χ4n) is 4.04. The Hall–Kier alpha value is -5.73. The summed E-state index contributed by atoms with van der Waals surface area (Å²) in [7, 11) is 0.